The van der Waals surface area contributed by atoms with E-state index in [2.05, 4.69) is 4.98 Å². The molecule has 7 nitrogen and oxygen atoms in total. The minimum atomic E-state index is -4.63. The molecule has 0 saturated carbocycles. The second-order valence-corrected chi connectivity index (χ2v) is 10.1. The number of hydrogen-bond acceptors (Lipinski definition) is 7. The first-order chi connectivity index (χ1) is 16.6. The molecule has 0 spiro atoms. The number of aromatic nitrogens is 1. The van der Waals surface area contributed by atoms with Crippen LogP contribution in [-0.4, -0.2) is 36.3 Å². The molecule has 35 heavy (non-hydrogen) atoms. The number of carbonyl (C=O) groups is 2. The lowest BCUT2D eigenvalue weighted by Crippen LogP contribution is -2.32. The largest absolute Gasteiger partial charge is 0.493 e. The van der Waals surface area contributed by atoms with E-state index in [0.717, 1.165) is 46.2 Å². The number of rotatable bonds is 4. The SMILES string of the molecule is COc1ccc([C@H]2c3sc(=O)[nH]c3SC3C(=O)N(c4cccc(C(F)(F)F)c4)C(=O)C32)cc1OC. The fourth-order valence-electron chi connectivity index (χ4n) is 4.50. The lowest BCUT2D eigenvalue weighted by Gasteiger charge is -2.30. The van der Waals surface area contributed by atoms with Gasteiger partial charge in [-0.3, -0.25) is 14.4 Å². The molecule has 3 aromatic rings. The molecule has 1 N–H and O–H groups in total. The number of imide groups is 1. The van der Waals surface area contributed by atoms with Crippen molar-refractivity contribution in [2.75, 3.05) is 19.1 Å². The monoisotopic (exact) mass is 522 g/mol. The van der Waals surface area contributed by atoms with Crippen molar-refractivity contribution in [3.05, 3.63) is 68.1 Å². The van der Waals surface area contributed by atoms with Gasteiger partial charge in [0.05, 0.1) is 36.4 Å². The molecule has 1 saturated heterocycles. The summed E-state index contributed by atoms with van der Waals surface area (Å²) in [5.74, 6) is -2.02. The average Bonchev–Trinajstić information content (AvgIpc) is 3.32. The van der Waals surface area contributed by atoms with Crippen molar-refractivity contribution >= 4 is 40.6 Å². The number of H-pyrrole nitrogens is 1. The molecule has 12 heteroatoms. The molecule has 0 bridgehead atoms. The molecule has 182 valence electrons. The highest BCUT2D eigenvalue weighted by Gasteiger charge is 2.56. The number of amides is 2. The van der Waals surface area contributed by atoms with Crippen molar-refractivity contribution < 1.29 is 32.2 Å². The third-order valence-electron chi connectivity index (χ3n) is 6.02. The van der Waals surface area contributed by atoms with Gasteiger partial charge in [-0.15, -0.1) is 0 Å². The highest BCUT2D eigenvalue weighted by molar-refractivity contribution is 8.00. The lowest BCUT2D eigenvalue weighted by molar-refractivity contribution is -0.137. The Balaban J connectivity index is 1.63. The first-order valence-corrected chi connectivity index (χ1v) is 12.0. The van der Waals surface area contributed by atoms with Crippen LogP contribution in [0, 0.1) is 5.92 Å². The van der Waals surface area contributed by atoms with Crippen LogP contribution in [0.5, 0.6) is 11.5 Å². The van der Waals surface area contributed by atoms with Crippen molar-refractivity contribution in [2.45, 2.75) is 22.4 Å². The number of ether oxygens (including phenoxy) is 2. The van der Waals surface area contributed by atoms with E-state index < -0.39 is 40.6 Å². The van der Waals surface area contributed by atoms with Gasteiger partial charge in [-0.05, 0) is 35.9 Å². The van der Waals surface area contributed by atoms with Crippen LogP contribution in [0.3, 0.4) is 0 Å². The van der Waals surface area contributed by atoms with Gasteiger partial charge < -0.3 is 14.5 Å². The minimum Gasteiger partial charge on any atom is -0.493 e. The maximum atomic E-state index is 13.7. The Morgan fingerprint density at radius 2 is 1.71 bits per heavy atom. The third-order valence-corrected chi connectivity index (χ3v) is 8.42. The number of thiazole rings is 1. The maximum Gasteiger partial charge on any atom is 0.416 e. The van der Waals surface area contributed by atoms with Gasteiger partial charge in [0.2, 0.25) is 11.8 Å². The number of nitrogens with zero attached hydrogens (tertiary/aromatic N) is 1. The summed E-state index contributed by atoms with van der Waals surface area (Å²) in [4.78, 5) is 43.0. The fraction of sp³-hybridized carbons (Fsp3) is 0.261. The summed E-state index contributed by atoms with van der Waals surface area (Å²) in [5.41, 5.74) is -0.493. The molecule has 5 rings (SSSR count). The van der Waals surface area contributed by atoms with Crippen LogP contribution >= 0.6 is 23.1 Å². The zero-order chi connectivity index (χ0) is 25.1. The van der Waals surface area contributed by atoms with E-state index in [0.29, 0.717) is 27.0 Å². The second-order valence-electron chi connectivity index (χ2n) is 7.92. The number of hydrogen-bond donors (Lipinski definition) is 1. The van der Waals surface area contributed by atoms with Crippen LogP contribution in [0.4, 0.5) is 18.9 Å². The van der Waals surface area contributed by atoms with Crippen molar-refractivity contribution in [3.8, 4) is 11.5 Å². The molecule has 2 aliphatic heterocycles. The van der Waals surface area contributed by atoms with E-state index in [1.807, 2.05) is 0 Å². The molecule has 3 heterocycles. The summed E-state index contributed by atoms with van der Waals surface area (Å²) >= 11 is 1.99. The number of benzene rings is 2. The molecule has 2 aliphatic rings. The summed E-state index contributed by atoms with van der Waals surface area (Å²) in [6, 6.07) is 9.19. The van der Waals surface area contributed by atoms with Crippen molar-refractivity contribution in [3.63, 3.8) is 0 Å². The Morgan fingerprint density at radius 1 is 0.971 bits per heavy atom. The average molecular weight is 523 g/mol. The number of aromatic amines is 1. The number of nitrogens with one attached hydrogen (secondary N) is 1. The maximum absolute atomic E-state index is 13.7. The predicted octanol–water partition coefficient (Wildman–Crippen LogP) is 4.27. The quantitative estimate of drug-likeness (QED) is 0.515. The molecular weight excluding hydrogens is 505 g/mol. The van der Waals surface area contributed by atoms with E-state index in [-0.39, 0.29) is 10.6 Å². The van der Waals surface area contributed by atoms with Gasteiger partial charge in [-0.2, -0.15) is 13.2 Å². The minimum absolute atomic E-state index is 0.146. The number of alkyl halides is 3. The van der Waals surface area contributed by atoms with Crippen LogP contribution < -0.4 is 19.2 Å². The van der Waals surface area contributed by atoms with Crippen LogP contribution in [0.1, 0.15) is 21.9 Å². The van der Waals surface area contributed by atoms with Gasteiger partial charge in [0, 0.05) is 10.8 Å². The van der Waals surface area contributed by atoms with Gasteiger partial charge in [0.25, 0.3) is 0 Å². The number of anilines is 1. The van der Waals surface area contributed by atoms with E-state index in [1.54, 1.807) is 18.2 Å². The summed E-state index contributed by atoms with van der Waals surface area (Å²) in [7, 11) is 2.94. The second kappa shape index (κ2) is 8.45. The zero-order valence-corrected chi connectivity index (χ0v) is 19.8. The molecule has 0 radical (unpaired) electrons. The summed E-state index contributed by atoms with van der Waals surface area (Å²) in [6.07, 6.45) is -4.63. The molecular formula is C23H17F3N2O5S2. The zero-order valence-electron chi connectivity index (χ0n) is 18.2. The number of thioether (sulfide) groups is 1. The molecule has 3 atom stereocenters. The highest BCUT2D eigenvalue weighted by Crippen LogP contribution is 2.54. The Hall–Kier alpha value is -3.25. The Labute approximate surface area is 204 Å². The van der Waals surface area contributed by atoms with Crippen LogP contribution in [0.2, 0.25) is 0 Å². The first kappa shape index (κ1) is 23.5. The number of halogens is 3. The number of fused-ring (bicyclic) bond motifs is 2. The number of methoxy groups -OCH3 is 2. The van der Waals surface area contributed by atoms with Crippen molar-refractivity contribution in [1.82, 2.24) is 4.98 Å². The van der Waals surface area contributed by atoms with Crippen LogP contribution in [0.15, 0.2) is 52.3 Å². The molecule has 0 aliphatic carbocycles. The Kier molecular flexibility index (Phi) is 5.67. The number of carbonyl (C=O) groups excluding carboxylic acids is 2. The molecule has 2 aromatic carbocycles. The van der Waals surface area contributed by atoms with Crippen LogP contribution in [-0.2, 0) is 15.8 Å². The van der Waals surface area contributed by atoms with Gasteiger partial charge in [-0.1, -0.05) is 35.2 Å². The smallest absolute Gasteiger partial charge is 0.416 e. The van der Waals surface area contributed by atoms with E-state index in [4.69, 9.17) is 9.47 Å². The predicted molar refractivity (Wildman–Crippen MR) is 123 cm³/mol. The van der Waals surface area contributed by atoms with E-state index >= 15 is 0 Å². The van der Waals surface area contributed by atoms with Gasteiger partial charge >= 0.3 is 11.0 Å². The van der Waals surface area contributed by atoms with E-state index in [1.165, 1.54) is 20.3 Å². The first-order valence-electron chi connectivity index (χ1n) is 10.3. The van der Waals surface area contributed by atoms with Gasteiger partial charge in [0.15, 0.2) is 11.5 Å². The van der Waals surface area contributed by atoms with Crippen molar-refractivity contribution in [2.24, 2.45) is 5.92 Å². The summed E-state index contributed by atoms with van der Waals surface area (Å²) in [6.45, 7) is 0. The topological polar surface area (TPSA) is 88.7 Å². The summed E-state index contributed by atoms with van der Waals surface area (Å²) < 4.78 is 50.5. The summed E-state index contributed by atoms with van der Waals surface area (Å²) in [5, 5.41) is -0.457. The van der Waals surface area contributed by atoms with Crippen LogP contribution in [0.25, 0.3) is 0 Å². The molecule has 1 fully saturated rings. The highest BCUT2D eigenvalue weighted by atomic mass is 32.2. The normalized spacial score (nSPS) is 21.6. The molecule has 2 unspecified atom stereocenters. The van der Waals surface area contributed by atoms with Gasteiger partial charge in [-0.25, -0.2) is 4.90 Å². The molecule has 1 aromatic heterocycles. The Bertz CT molecular complexity index is 1400. The standard InChI is InChI=1S/C23H17F3N2O5S2/c1-32-13-7-6-10(8-14(13)33-2)15-16-18(34-19-17(15)35-22(31)27-19)21(30)28(20(16)29)12-5-3-4-11(9-12)23(24,25)26/h3-9,15-16,18H,1-2H3,(H,27,31)/t15-,16?,18?/m1/s1. The lowest BCUT2D eigenvalue weighted by atomic mass is 9.83. The van der Waals surface area contributed by atoms with E-state index in [9.17, 15) is 27.6 Å². The molecule has 2 amide bonds. The third kappa shape index (κ3) is 3.80. The van der Waals surface area contributed by atoms with Crippen molar-refractivity contribution in [1.29, 1.82) is 0 Å². The van der Waals surface area contributed by atoms with Gasteiger partial charge in [0.1, 0.15) is 5.25 Å². The fourth-order valence-corrected chi connectivity index (χ4v) is 7.01. The Morgan fingerprint density at radius 3 is 2.40 bits per heavy atom.